The lowest BCUT2D eigenvalue weighted by atomic mass is 10.2. The molecule has 0 spiro atoms. The Morgan fingerprint density at radius 2 is 1.86 bits per heavy atom. The van der Waals surface area contributed by atoms with E-state index in [4.69, 9.17) is 28.6 Å². The van der Waals surface area contributed by atoms with Crippen LogP contribution in [0.15, 0.2) is 48.5 Å². The Labute approximate surface area is 142 Å². The zero-order valence-corrected chi connectivity index (χ0v) is 14.2. The average molecular weight is 334 g/mol. The average Bonchev–Trinajstić information content (AvgIpc) is 2.55. The SMILES string of the molecule is CCCCOc1ccc(C(=S)NCc2ccccc2Cl)cc1. The van der Waals surface area contributed by atoms with E-state index in [2.05, 4.69) is 12.2 Å². The normalized spacial score (nSPS) is 10.3. The summed E-state index contributed by atoms with van der Waals surface area (Å²) in [5.41, 5.74) is 2.01. The summed E-state index contributed by atoms with van der Waals surface area (Å²) >= 11 is 11.6. The van der Waals surface area contributed by atoms with Crippen LogP contribution in [0.5, 0.6) is 5.75 Å². The maximum atomic E-state index is 6.14. The van der Waals surface area contributed by atoms with Gasteiger partial charge < -0.3 is 10.1 Å². The summed E-state index contributed by atoms with van der Waals surface area (Å²) < 4.78 is 5.65. The van der Waals surface area contributed by atoms with Crippen LogP contribution in [0.4, 0.5) is 0 Å². The van der Waals surface area contributed by atoms with Crippen molar-refractivity contribution in [1.82, 2.24) is 5.32 Å². The van der Waals surface area contributed by atoms with E-state index >= 15 is 0 Å². The first kappa shape index (κ1) is 16.8. The third-order valence-corrected chi connectivity index (χ3v) is 4.03. The molecule has 2 aromatic rings. The minimum Gasteiger partial charge on any atom is -0.494 e. The number of unbranched alkanes of at least 4 members (excludes halogenated alkanes) is 1. The van der Waals surface area contributed by atoms with Crippen molar-refractivity contribution < 1.29 is 4.74 Å². The summed E-state index contributed by atoms with van der Waals surface area (Å²) in [6.07, 6.45) is 2.20. The summed E-state index contributed by atoms with van der Waals surface area (Å²) in [7, 11) is 0. The molecule has 0 aliphatic rings. The Kier molecular flexibility index (Phi) is 6.69. The fourth-order valence-corrected chi connectivity index (χ4v) is 2.37. The molecule has 0 saturated heterocycles. The van der Waals surface area contributed by atoms with Crippen molar-refractivity contribution in [3.63, 3.8) is 0 Å². The molecule has 0 atom stereocenters. The predicted molar refractivity (Wildman–Crippen MR) is 96.8 cm³/mol. The number of benzene rings is 2. The summed E-state index contributed by atoms with van der Waals surface area (Å²) in [6, 6.07) is 15.6. The molecule has 116 valence electrons. The van der Waals surface area contributed by atoms with Crippen LogP contribution in [0.2, 0.25) is 5.02 Å². The van der Waals surface area contributed by atoms with Crippen molar-refractivity contribution in [3.8, 4) is 5.75 Å². The highest BCUT2D eigenvalue weighted by atomic mass is 35.5. The van der Waals surface area contributed by atoms with Gasteiger partial charge in [0, 0.05) is 17.1 Å². The fraction of sp³-hybridized carbons (Fsp3) is 0.278. The van der Waals surface area contributed by atoms with Crippen LogP contribution in [0.3, 0.4) is 0 Å². The zero-order chi connectivity index (χ0) is 15.8. The number of thiocarbonyl (C=S) groups is 1. The molecule has 2 nitrogen and oxygen atoms in total. The number of rotatable bonds is 7. The largest absolute Gasteiger partial charge is 0.494 e. The fourth-order valence-electron chi connectivity index (χ4n) is 1.96. The second kappa shape index (κ2) is 8.76. The molecule has 2 rings (SSSR count). The van der Waals surface area contributed by atoms with Gasteiger partial charge in [0.25, 0.3) is 0 Å². The van der Waals surface area contributed by atoms with E-state index in [-0.39, 0.29) is 0 Å². The standard InChI is InChI=1S/C18H20ClNOS/c1-2-3-12-21-16-10-8-14(9-11-16)18(22)20-13-15-6-4-5-7-17(15)19/h4-11H,2-3,12-13H2,1H3,(H,20,22). The molecule has 0 heterocycles. The molecular formula is C18H20ClNOS. The van der Waals surface area contributed by atoms with Gasteiger partial charge in [-0.15, -0.1) is 0 Å². The highest BCUT2D eigenvalue weighted by Gasteiger charge is 2.03. The van der Waals surface area contributed by atoms with Gasteiger partial charge in [-0.3, -0.25) is 0 Å². The second-order valence-electron chi connectivity index (χ2n) is 5.00. The van der Waals surface area contributed by atoms with E-state index in [1.165, 1.54) is 0 Å². The van der Waals surface area contributed by atoms with E-state index < -0.39 is 0 Å². The van der Waals surface area contributed by atoms with Crippen LogP contribution in [-0.2, 0) is 6.54 Å². The summed E-state index contributed by atoms with van der Waals surface area (Å²) in [5.74, 6) is 0.881. The lowest BCUT2D eigenvalue weighted by Gasteiger charge is -2.10. The van der Waals surface area contributed by atoms with Crippen LogP contribution in [0.25, 0.3) is 0 Å². The number of nitrogens with one attached hydrogen (secondary N) is 1. The van der Waals surface area contributed by atoms with Gasteiger partial charge in [-0.05, 0) is 42.3 Å². The molecule has 0 aliphatic carbocycles. The molecular weight excluding hydrogens is 314 g/mol. The van der Waals surface area contributed by atoms with Crippen molar-refractivity contribution in [2.24, 2.45) is 0 Å². The molecule has 0 bridgehead atoms. The molecule has 0 unspecified atom stereocenters. The molecule has 0 saturated carbocycles. The topological polar surface area (TPSA) is 21.3 Å². The Balaban J connectivity index is 1.88. The van der Waals surface area contributed by atoms with E-state index in [9.17, 15) is 0 Å². The molecule has 0 amide bonds. The Hall–Kier alpha value is -1.58. The Morgan fingerprint density at radius 3 is 2.55 bits per heavy atom. The first-order valence-corrected chi connectivity index (χ1v) is 8.24. The van der Waals surface area contributed by atoms with E-state index in [0.717, 1.165) is 41.3 Å². The number of hydrogen-bond donors (Lipinski definition) is 1. The Bertz CT molecular complexity index is 613. The van der Waals surface area contributed by atoms with Crippen molar-refractivity contribution in [2.45, 2.75) is 26.3 Å². The zero-order valence-electron chi connectivity index (χ0n) is 12.6. The second-order valence-corrected chi connectivity index (χ2v) is 5.82. The molecule has 0 aliphatic heterocycles. The van der Waals surface area contributed by atoms with Gasteiger partial charge in [-0.1, -0.05) is 55.4 Å². The van der Waals surface area contributed by atoms with Crippen LogP contribution in [-0.4, -0.2) is 11.6 Å². The number of halogens is 1. The summed E-state index contributed by atoms with van der Waals surface area (Å²) in [5, 5.41) is 3.98. The van der Waals surface area contributed by atoms with E-state index in [1.54, 1.807) is 0 Å². The van der Waals surface area contributed by atoms with E-state index in [1.807, 2.05) is 48.5 Å². The van der Waals surface area contributed by atoms with Crippen molar-refractivity contribution in [3.05, 3.63) is 64.7 Å². The number of hydrogen-bond acceptors (Lipinski definition) is 2. The summed E-state index contributed by atoms with van der Waals surface area (Å²) in [4.78, 5) is 0.708. The third kappa shape index (κ3) is 5.00. The van der Waals surface area contributed by atoms with E-state index in [0.29, 0.717) is 11.5 Å². The molecule has 0 fully saturated rings. The minimum absolute atomic E-state index is 0.618. The lowest BCUT2D eigenvalue weighted by Crippen LogP contribution is -2.21. The van der Waals surface area contributed by atoms with Gasteiger partial charge in [0.2, 0.25) is 0 Å². The van der Waals surface area contributed by atoms with Crippen LogP contribution in [0.1, 0.15) is 30.9 Å². The van der Waals surface area contributed by atoms with Crippen molar-refractivity contribution >= 4 is 28.8 Å². The molecule has 2 aromatic carbocycles. The van der Waals surface area contributed by atoms with Crippen LogP contribution >= 0.6 is 23.8 Å². The molecule has 0 aromatic heterocycles. The number of ether oxygens (including phenoxy) is 1. The molecule has 0 radical (unpaired) electrons. The Morgan fingerprint density at radius 1 is 1.14 bits per heavy atom. The monoisotopic (exact) mass is 333 g/mol. The van der Waals surface area contributed by atoms with Crippen LogP contribution in [0, 0.1) is 0 Å². The van der Waals surface area contributed by atoms with Gasteiger partial charge in [-0.2, -0.15) is 0 Å². The summed E-state index contributed by atoms with van der Waals surface area (Å²) in [6.45, 7) is 3.52. The van der Waals surface area contributed by atoms with Gasteiger partial charge in [0.05, 0.1) is 6.61 Å². The quantitative estimate of drug-likeness (QED) is 0.570. The van der Waals surface area contributed by atoms with Crippen molar-refractivity contribution in [2.75, 3.05) is 6.61 Å². The smallest absolute Gasteiger partial charge is 0.119 e. The maximum Gasteiger partial charge on any atom is 0.119 e. The van der Waals surface area contributed by atoms with Crippen LogP contribution < -0.4 is 10.1 Å². The maximum absolute atomic E-state index is 6.14. The minimum atomic E-state index is 0.618. The van der Waals surface area contributed by atoms with Gasteiger partial charge >= 0.3 is 0 Å². The highest BCUT2D eigenvalue weighted by molar-refractivity contribution is 7.80. The molecule has 4 heteroatoms. The molecule has 22 heavy (non-hydrogen) atoms. The molecule has 1 N–H and O–H groups in total. The third-order valence-electron chi connectivity index (χ3n) is 3.28. The first-order chi connectivity index (χ1) is 10.7. The predicted octanol–water partition coefficient (Wildman–Crippen LogP) is 4.98. The first-order valence-electron chi connectivity index (χ1n) is 7.45. The van der Waals surface area contributed by atoms with Gasteiger partial charge in [0.1, 0.15) is 10.7 Å². The van der Waals surface area contributed by atoms with Gasteiger partial charge in [0.15, 0.2) is 0 Å². The lowest BCUT2D eigenvalue weighted by molar-refractivity contribution is 0.309. The van der Waals surface area contributed by atoms with Crippen molar-refractivity contribution in [1.29, 1.82) is 0 Å². The van der Waals surface area contributed by atoms with Gasteiger partial charge in [-0.25, -0.2) is 0 Å². The highest BCUT2D eigenvalue weighted by Crippen LogP contribution is 2.16.